The lowest BCUT2D eigenvalue weighted by atomic mass is 9.96. The molecule has 0 heterocycles. The van der Waals surface area contributed by atoms with E-state index in [0.29, 0.717) is 6.61 Å². The Kier molecular flexibility index (Phi) is 4.23. The Balaban J connectivity index is 2.40. The summed E-state index contributed by atoms with van der Waals surface area (Å²) >= 11 is 0. The van der Waals surface area contributed by atoms with Crippen molar-refractivity contribution in [1.82, 2.24) is 0 Å². The first-order valence-electron chi connectivity index (χ1n) is 6.67. The third-order valence-corrected chi connectivity index (χ3v) is 3.16. The number of para-hydroxylation sites is 1. The largest absolute Gasteiger partial charge is 0.494 e. The summed E-state index contributed by atoms with van der Waals surface area (Å²) in [7, 11) is 0. The van der Waals surface area contributed by atoms with Gasteiger partial charge >= 0.3 is 0 Å². The molecule has 1 atom stereocenters. The number of nitrogens with two attached hydrogens (primary N) is 1. The van der Waals surface area contributed by atoms with Crippen LogP contribution < -0.4 is 10.5 Å². The van der Waals surface area contributed by atoms with Crippen LogP contribution in [0.2, 0.25) is 0 Å². The van der Waals surface area contributed by atoms with Gasteiger partial charge in [-0.2, -0.15) is 0 Å². The van der Waals surface area contributed by atoms with Crippen LogP contribution in [0.5, 0.6) is 5.75 Å². The molecule has 0 amide bonds. The van der Waals surface area contributed by atoms with Crippen LogP contribution in [0.3, 0.4) is 0 Å². The maximum absolute atomic E-state index is 6.41. The molecule has 0 bridgehead atoms. The molecule has 0 aliphatic carbocycles. The first kappa shape index (κ1) is 13.6. The van der Waals surface area contributed by atoms with Gasteiger partial charge in [-0.25, -0.2) is 0 Å². The predicted octanol–water partition coefficient (Wildman–Crippen LogP) is 3.75. The summed E-state index contributed by atoms with van der Waals surface area (Å²) in [5.41, 5.74) is 11.0. The van der Waals surface area contributed by atoms with E-state index in [1.807, 2.05) is 31.2 Å². The molecule has 0 aromatic heterocycles. The summed E-state index contributed by atoms with van der Waals surface area (Å²) in [4.78, 5) is 0. The van der Waals surface area contributed by atoms with Crippen LogP contribution in [0.25, 0.3) is 0 Å². The molecule has 1 unspecified atom stereocenters. The van der Waals surface area contributed by atoms with Crippen molar-refractivity contribution < 1.29 is 4.74 Å². The standard InChI is InChI=1S/C17H21NO/c1-4-19-16-8-6-5-7-15(16)17(18)14-10-12(2)9-13(3)11-14/h5-11,17H,4,18H2,1-3H3. The number of rotatable bonds is 4. The molecule has 0 aliphatic heterocycles. The third kappa shape index (κ3) is 3.15. The number of hydrogen-bond donors (Lipinski definition) is 1. The number of benzene rings is 2. The van der Waals surface area contributed by atoms with Gasteiger partial charge in [0.1, 0.15) is 5.75 Å². The van der Waals surface area contributed by atoms with Crippen molar-refractivity contribution in [2.45, 2.75) is 26.8 Å². The van der Waals surface area contributed by atoms with Gasteiger partial charge in [0.05, 0.1) is 12.6 Å². The molecule has 100 valence electrons. The van der Waals surface area contributed by atoms with Gasteiger partial charge in [-0.05, 0) is 32.4 Å². The number of hydrogen-bond acceptors (Lipinski definition) is 2. The molecule has 2 aromatic rings. The molecule has 0 spiro atoms. The average Bonchev–Trinajstić information content (AvgIpc) is 2.38. The highest BCUT2D eigenvalue weighted by atomic mass is 16.5. The third-order valence-electron chi connectivity index (χ3n) is 3.16. The summed E-state index contributed by atoms with van der Waals surface area (Å²) in [6.07, 6.45) is 0. The van der Waals surface area contributed by atoms with Gasteiger partial charge in [0.2, 0.25) is 0 Å². The van der Waals surface area contributed by atoms with Crippen LogP contribution in [0.1, 0.15) is 35.2 Å². The normalized spacial score (nSPS) is 12.2. The smallest absolute Gasteiger partial charge is 0.124 e. The summed E-state index contributed by atoms with van der Waals surface area (Å²) in [5.74, 6) is 0.872. The second-order valence-corrected chi connectivity index (χ2v) is 4.87. The lowest BCUT2D eigenvalue weighted by Crippen LogP contribution is -2.14. The van der Waals surface area contributed by atoms with Crippen LogP contribution in [-0.4, -0.2) is 6.61 Å². The second-order valence-electron chi connectivity index (χ2n) is 4.87. The molecule has 0 saturated carbocycles. The van der Waals surface area contributed by atoms with Crippen LogP contribution in [0, 0.1) is 13.8 Å². The Labute approximate surface area is 115 Å². The molecular formula is C17H21NO. The molecule has 19 heavy (non-hydrogen) atoms. The number of aryl methyl sites for hydroxylation is 2. The minimum Gasteiger partial charge on any atom is -0.494 e. The number of ether oxygens (including phenoxy) is 1. The maximum atomic E-state index is 6.41. The molecule has 2 N–H and O–H groups in total. The highest BCUT2D eigenvalue weighted by molar-refractivity contribution is 5.43. The summed E-state index contributed by atoms with van der Waals surface area (Å²) in [5, 5.41) is 0. The fraction of sp³-hybridized carbons (Fsp3) is 0.294. The topological polar surface area (TPSA) is 35.2 Å². The van der Waals surface area contributed by atoms with Crippen LogP contribution in [-0.2, 0) is 0 Å². The quantitative estimate of drug-likeness (QED) is 0.903. The monoisotopic (exact) mass is 255 g/mol. The molecule has 2 aromatic carbocycles. The molecular weight excluding hydrogens is 234 g/mol. The van der Waals surface area contributed by atoms with Gasteiger partial charge in [-0.1, -0.05) is 47.5 Å². The molecule has 2 rings (SSSR count). The average molecular weight is 255 g/mol. The van der Waals surface area contributed by atoms with E-state index < -0.39 is 0 Å². The summed E-state index contributed by atoms with van der Waals surface area (Å²) in [6.45, 7) is 6.82. The zero-order valence-electron chi connectivity index (χ0n) is 11.8. The van der Waals surface area contributed by atoms with Crippen LogP contribution >= 0.6 is 0 Å². The van der Waals surface area contributed by atoms with Crippen molar-refractivity contribution in [3.63, 3.8) is 0 Å². The van der Waals surface area contributed by atoms with Crippen molar-refractivity contribution in [1.29, 1.82) is 0 Å². The molecule has 0 saturated heterocycles. The van der Waals surface area contributed by atoms with E-state index in [2.05, 4.69) is 32.0 Å². The van der Waals surface area contributed by atoms with Crippen LogP contribution in [0.15, 0.2) is 42.5 Å². The minimum atomic E-state index is -0.152. The van der Waals surface area contributed by atoms with Crippen molar-refractivity contribution in [3.05, 3.63) is 64.7 Å². The molecule has 2 heteroatoms. The lowest BCUT2D eigenvalue weighted by molar-refractivity contribution is 0.335. The van der Waals surface area contributed by atoms with E-state index in [1.54, 1.807) is 0 Å². The zero-order chi connectivity index (χ0) is 13.8. The van der Waals surface area contributed by atoms with E-state index >= 15 is 0 Å². The molecule has 0 fully saturated rings. The van der Waals surface area contributed by atoms with E-state index in [1.165, 1.54) is 11.1 Å². The van der Waals surface area contributed by atoms with E-state index in [-0.39, 0.29) is 6.04 Å². The summed E-state index contributed by atoms with van der Waals surface area (Å²) < 4.78 is 5.66. The van der Waals surface area contributed by atoms with Crippen molar-refractivity contribution in [2.75, 3.05) is 6.61 Å². The predicted molar refractivity (Wildman–Crippen MR) is 79.6 cm³/mol. The van der Waals surface area contributed by atoms with Gasteiger partial charge in [0.25, 0.3) is 0 Å². The van der Waals surface area contributed by atoms with Crippen molar-refractivity contribution in [2.24, 2.45) is 5.73 Å². The van der Waals surface area contributed by atoms with E-state index in [4.69, 9.17) is 10.5 Å². The second kappa shape index (κ2) is 5.89. The van der Waals surface area contributed by atoms with Gasteiger partial charge in [-0.15, -0.1) is 0 Å². The SMILES string of the molecule is CCOc1ccccc1C(N)c1cc(C)cc(C)c1. The van der Waals surface area contributed by atoms with Gasteiger partial charge in [0.15, 0.2) is 0 Å². The summed E-state index contributed by atoms with van der Waals surface area (Å²) in [6, 6.07) is 14.3. The Morgan fingerprint density at radius 3 is 2.32 bits per heavy atom. The first-order valence-corrected chi connectivity index (χ1v) is 6.67. The molecule has 0 aliphatic rings. The maximum Gasteiger partial charge on any atom is 0.124 e. The first-order chi connectivity index (χ1) is 9.11. The lowest BCUT2D eigenvalue weighted by Gasteiger charge is -2.18. The van der Waals surface area contributed by atoms with Crippen LogP contribution in [0.4, 0.5) is 0 Å². The Bertz CT molecular complexity index is 543. The fourth-order valence-electron chi connectivity index (χ4n) is 2.39. The van der Waals surface area contributed by atoms with E-state index in [9.17, 15) is 0 Å². The molecule has 0 radical (unpaired) electrons. The highest BCUT2D eigenvalue weighted by Crippen LogP contribution is 2.29. The zero-order valence-corrected chi connectivity index (χ0v) is 11.8. The minimum absolute atomic E-state index is 0.152. The van der Waals surface area contributed by atoms with Gasteiger partial charge in [-0.3, -0.25) is 0 Å². The fourth-order valence-corrected chi connectivity index (χ4v) is 2.39. The highest BCUT2D eigenvalue weighted by Gasteiger charge is 2.14. The van der Waals surface area contributed by atoms with Gasteiger partial charge < -0.3 is 10.5 Å². The van der Waals surface area contributed by atoms with Crippen molar-refractivity contribution >= 4 is 0 Å². The van der Waals surface area contributed by atoms with Crippen molar-refractivity contribution in [3.8, 4) is 5.75 Å². The Morgan fingerprint density at radius 1 is 1.05 bits per heavy atom. The van der Waals surface area contributed by atoms with Gasteiger partial charge in [0, 0.05) is 5.56 Å². The Hall–Kier alpha value is -1.80. The Morgan fingerprint density at radius 2 is 1.68 bits per heavy atom. The molecule has 2 nitrogen and oxygen atoms in total. The van der Waals surface area contributed by atoms with E-state index in [0.717, 1.165) is 16.9 Å².